The van der Waals surface area contributed by atoms with Crippen LogP contribution in [0.2, 0.25) is 10.2 Å². The van der Waals surface area contributed by atoms with Gasteiger partial charge in [0.05, 0.1) is 29.1 Å². The van der Waals surface area contributed by atoms with Crippen LogP contribution in [0, 0.1) is 0 Å². The van der Waals surface area contributed by atoms with E-state index in [1.807, 2.05) is 12.1 Å². The maximum absolute atomic E-state index is 12.9. The van der Waals surface area contributed by atoms with Gasteiger partial charge in [0.25, 0.3) is 5.91 Å². The Kier molecular flexibility index (Phi) is 6.72. The normalized spacial score (nSPS) is 10.5. The van der Waals surface area contributed by atoms with Crippen LogP contribution < -0.4 is 5.32 Å². The van der Waals surface area contributed by atoms with Gasteiger partial charge in [-0.15, -0.1) is 0 Å². The number of para-hydroxylation sites is 1. The zero-order chi connectivity index (χ0) is 20.1. The number of furan rings is 1. The van der Waals surface area contributed by atoms with E-state index in [2.05, 4.69) is 26.2 Å². The molecule has 2 amide bonds. The van der Waals surface area contributed by atoms with Crippen LogP contribution in [0.1, 0.15) is 16.1 Å². The van der Waals surface area contributed by atoms with Crippen LogP contribution in [0.3, 0.4) is 0 Å². The molecule has 3 aromatic rings. The summed E-state index contributed by atoms with van der Waals surface area (Å²) in [5.74, 6) is -0.250. The third-order valence-electron chi connectivity index (χ3n) is 3.74. The van der Waals surface area contributed by atoms with E-state index in [1.165, 1.54) is 23.4 Å². The molecule has 0 aliphatic rings. The number of nitrogens with one attached hydrogen (secondary N) is 1. The number of aromatic nitrogens is 1. The molecule has 28 heavy (non-hydrogen) atoms. The maximum atomic E-state index is 12.9. The zero-order valence-corrected chi connectivity index (χ0v) is 17.5. The van der Waals surface area contributed by atoms with Crippen molar-refractivity contribution in [3.63, 3.8) is 0 Å². The van der Waals surface area contributed by atoms with Gasteiger partial charge in [0.1, 0.15) is 17.5 Å². The minimum absolute atomic E-state index is 0.0995. The summed E-state index contributed by atoms with van der Waals surface area (Å²) in [6.07, 6.45) is 2.82. The number of amides is 2. The molecule has 0 saturated carbocycles. The Bertz CT molecular complexity index is 996. The van der Waals surface area contributed by atoms with E-state index in [1.54, 1.807) is 24.3 Å². The molecule has 3 rings (SSSR count). The van der Waals surface area contributed by atoms with Gasteiger partial charge in [-0.2, -0.15) is 0 Å². The van der Waals surface area contributed by atoms with E-state index in [4.69, 9.17) is 27.6 Å². The van der Waals surface area contributed by atoms with Crippen LogP contribution in [0.5, 0.6) is 0 Å². The maximum Gasteiger partial charge on any atom is 0.256 e. The second-order valence-electron chi connectivity index (χ2n) is 5.77. The number of carbonyl (C=O) groups excluding carboxylic acids is 2. The largest absolute Gasteiger partial charge is 0.467 e. The molecule has 2 heterocycles. The van der Waals surface area contributed by atoms with Crippen LogP contribution in [0.15, 0.2) is 63.8 Å². The van der Waals surface area contributed by atoms with Crippen molar-refractivity contribution < 1.29 is 14.0 Å². The molecular formula is C19H14BrCl2N3O3. The first-order valence-electron chi connectivity index (χ1n) is 8.11. The fourth-order valence-electron chi connectivity index (χ4n) is 2.44. The van der Waals surface area contributed by atoms with Gasteiger partial charge in [0, 0.05) is 10.7 Å². The van der Waals surface area contributed by atoms with Gasteiger partial charge in [0.15, 0.2) is 0 Å². The van der Waals surface area contributed by atoms with E-state index in [-0.39, 0.29) is 34.7 Å². The quantitative estimate of drug-likeness (QED) is 0.500. The molecule has 6 nitrogen and oxygen atoms in total. The van der Waals surface area contributed by atoms with Crippen molar-refractivity contribution in [1.29, 1.82) is 0 Å². The predicted molar refractivity (Wildman–Crippen MR) is 110 cm³/mol. The van der Waals surface area contributed by atoms with Gasteiger partial charge in [0.2, 0.25) is 5.91 Å². The molecule has 0 unspecified atom stereocenters. The lowest BCUT2D eigenvalue weighted by atomic mass is 10.2. The number of pyridine rings is 1. The molecule has 0 fully saturated rings. The fraction of sp³-hybridized carbons (Fsp3) is 0.105. The molecule has 0 radical (unpaired) electrons. The molecule has 0 aliphatic heterocycles. The summed E-state index contributed by atoms with van der Waals surface area (Å²) in [4.78, 5) is 30.7. The molecule has 0 atom stereocenters. The Balaban J connectivity index is 1.80. The number of halogens is 3. The van der Waals surface area contributed by atoms with E-state index in [0.29, 0.717) is 11.4 Å². The van der Waals surface area contributed by atoms with Crippen LogP contribution in [0.4, 0.5) is 5.69 Å². The van der Waals surface area contributed by atoms with Gasteiger partial charge in [-0.1, -0.05) is 35.3 Å². The Labute approximate surface area is 179 Å². The molecule has 0 spiro atoms. The lowest BCUT2D eigenvalue weighted by molar-refractivity contribution is -0.117. The molecular weight excluding hydrogens is 469 g/mol. The van der Waals surface area contributed by atoms with Crippen molar-refractivity contribution in [3.8, 4) is 0 Å². The molecule has 9 heteroatoms. The highest BCUT2D eigenvalue weighted by Gasteiger charge is 2.22. The van der Waals surface area contributed by atoms with Crippen LogP contribution in [-0.2, 0) is 11.3 Å². The van der Waals surface area contributed by atoms with Crippen molar-refractivity contribution in [2.75, 3.05) is 11.9 Å². The van der Waals surface area contributed by atoms with Gasteiger partial charge < -0.3 is 14.6 Å². The molecule has 144 valence electrons. The van der Waals surface area contributed by atoms with Gasteiger partial charge >= 0.3 is 0 Å². The van der Waals surface area contributed by atoms with E-state index < -0.39 is 5.91 Å². The molecule has 2 aromatic heterocycles. The average Bonchev–Trinajstić information content (AvgIpc) is 3.18. The van der Waals surface area contributed by atoms with Crippen LogP contribution in [0.25, 0.3) is 0 Å². The second kappa shape index (κ2) is 9.23. The molecule has 0 aliphatic carbocycles. The summed E-state index contributed by atoms with van der Waals surface area (Å²) < 4.78 is 6.05. The molecule has 1 N–H and O–H groups in total. The number of hydrogen-bond donors (Lipinski definition) is 1. The van der Waals surface area contributed by atoms with Crippen molar-refractivity contribution >= 4 is 56.6 Å². The predicted octanol–water partition coefficient (Wildman–Crippen LogP) is 5.03. The topological polar surface area (TPSA) is 75.4 Å². The number of rotatable bonds is 6. The smallest absolute Gasteiger partial charge is 0.256 e. The highest BCUT2D eigenvalue weighted by Crippen LogP contribution is 2.22. The highest BCUT2D eigenvalue weighted by atomic mass is 79.9. The fourth-order valence-corrected chi connectivity index (χ4v) is 3.09. The molecule has 0 bridgehead atoms. The summed E-state index contributed by atoms with van der Waals surface area (Å²) in [5, 5.41) is 3.03. The summed E-state index contributed by atoms with van der Waals surface area (Å²) >= 11 is 15.2. The summed E-state index contributed by atoms with van der Waals surface area (Å²) in [6.45, 7) is -0.0867. The Morgan fingerprint density at radius 3 is 2.64 bits per heavy atom. The molecule has 0 saturated heterocycles. The lowest BCUT2D eigenvalue weighted by Crippen LogP contribution is -2.37. The first-order valence-corrected chi connectivity index (χ1v) is 9.66. The Hall–Kier alpha value is -2.35. The number of nitrogens with zero attached hydrogens (tertiary/aromatic N) is 2. The van der Waals surface area contributed by atoms with Gasteiger partial charge in [-0.05, 0) is 46.3 Å². The average molecular weight is 483 g/mol. The van der Waals surface area contributed by atoms with Crippen molar-refractivity contribution in [2.24, 2.45) is 0 Å². The van der Waals surface area contributed by atoms with E-state index in [0.717, 1.165) is 4.47 Å². The summed E-state index contributed by atoms with van der Waals surface area (Å²) in [7, 11) is 0. The van der Waals surface area contributed by atoms with Crippen molar-refractivity contribution in [2.45, 2.75) is 6.54 Å². The first-order chi connectivity index (χ1) is 13.4. The summed E-state index contributed by atoms with van der Waals surface area (Å²) in [6, 6.07) is 12.0. The SMILES string of the molecule is O=C(CN(Cc1ccco1)C(=O)c1cnc(Cl)c(Cl)c1)Nc1ccccc1Br. The number of carbonyl (C=O) groups is 2. The Morgan fingerprint density at radius 2 is 1.96 bits per heavy atom. The minimum atomic E-state index is -0.426. The third-order valence-corrected chi connectivity index (χ3v) is 5.12. The van der Waals surface area contributed by atoms with Gasteiger partial charge in [-0.3, -0.25) is 9.59 Å². The first kappa shape index (κ1) is 20.4. The van der Waals surface area contributed by atoms with E-state index in [9.17, 15) is 9.59 Å². The minimum Gasteiger partial charge on any atom is -0.467 e. The Morgan fingerprint density at radius 1 is 1.18 bits per heavy atom. The highest BCUT2D eigenvalue weighted by molar-refractivity contribution is 9.10. The monoisotopic (exact) mass is 481 g/mol. The number of anilines is 1. The molecule has 1 aromatic carbocycles. The van der Waals surface area contributed by atoms with Crippen molar-refractivity contribution in [3.05, 3.63) is 80.9 Å². The zero-order valence-electron chi connectivity index (χ0n) is 14.4. The van der Waals surface area contributed by atoms with E-state index >= 15 is 0 Å². The third kappa shape index (κ3) is 5.13. The number of benzene rings is 1. The summed E-state index contributed by atoms with van der Waals surface area (Å²) in [5.41, 5.74) is 0.823. The van der Waals surface area contributed by atoms with Crippen LogP contribution in [-0.4, -0.2) is 28.2 Å². The second-order valence-corrected chi connectivity index (χ2v) is 7.38. The van der Waals surface area contributed by atoms with Gasteiger partial charge in [-0.25, -0.2) is 4.98 Å². The standard InChI is InChI=1S/C19H14BrCl2N3O3/c20-14-5-1-2-6-16(14)24-17(26)11-25(10-13-4-3-7-28-13)19(27)12-8-15(21)18(22)23-9-12/h1-9H,10-11H2,(H,24,26). The van der Waals surface area contributed by atoms with Crippen molar-refractivity contribution in [1.82, 2.24) is 9.88 Å². The number of hydrogen-bond acceptors (Lipinski definition) is 4. The van der Waals surface area contributed by atoms with Crippen LogP contribution >= 0.6 is 39.1 Å². The lowest BCUT2D eigenvalue weighted by Gasteiger charge is -2.21.